The first-order valence-electron chi connectivity index (χ1n) is 7.12. The Morgan fingerprint density at radius 1 is 0.941 bits per heavy atom. The summed E-state index contributed by atoms with van der Waals surface area (Å²) in [6, 6.07) is 0. The van der Waals surface area contributed by atoms with Crippen LogP contribution in [-0.2, 0) is 12.8 Å². The summed E-state index contributed by atoms with van der Waals surface area (Å²) in [5, 5.41) is 0. The van der Waals surface area contributed by atoms with Gasteiger partial charge in [-0.25, -0.2) is 9.97 Å². The predicted octanol–water partition coefficient (Wildman–Crippen LogP) is 4.04. The molecule has 0 fully saturated rings. The monoisotopic (exact) mass is 232 g/mol. The smallest absolute Gasteiger partial charge is 0.131 e. The Kier molecular flexibility index (Phi) is 4.52. The zero-order valence-corrected chi connectivity index (χ0v) is 11.2. The van der Waals surface area contributed by atoms with E-state index in [0.29, 0.717) is 5.92 Å². The van der Waals surface area contributed by atoms with Crippen LogP contribution in [-0.4, -0.2) is 9.97 Å². The van der Waals surface area contributed by atoms with E-state index in [1.165, 1.54) is 56.2 Å². The van der Waals surface area contributed by atoms with Gasteiger partial charge in [-0.2, -0.15) is 0 Å². The van der Waals surface area contributed by atoms with E-state index in [-0.39, 0.29) is 0 Å². The molecule has 2 heteroatoms. The van der Waals surface area contributed by atoms with Crippen LogP contribution in [0, 0.1) is 0 Å². The Balaban J connectivity index is 2.19. The molecule has 94 valence electrons. The lowest BCUT2D eigenvalue weighted by molar-refractivity contribution is 0.572. The maximum Gasteiger partial charge on any atom is 0.131 e. The number of aryl methyl sites for hydroxylation is 2. The van der Waals surface area contributed by atoms with Gasteiger partial charge in [0.25, 0.3) is 0 Å². The van der Waals surface area contributed by atoms with Gasteiger partial charge < -0.3 is 0 Å². The molecule has 0 saturated carbocycles. The number of fused-ring (bicyclic) bond motifs is 1. The van der Waals surface area contributed by atoms with E-state index >= 15 is 0 Å². The molecule has 1 aromatic heterocycles. The minimum Gasteiger partial charge on any atom is -0.241 e. The molecule has 1 aromatic rings. The first kappa shape index (κ1) is 12.5. The van der Waals surface area contributed by atoms with Crippen LogP contribution < -0.4 is 0 Å². The highest BCUT2D eigenvalue weighted by Crippen LogP contribution is 2.19. The van der Waals surface area contributed by atoms with Crippen molar-refractivity contribution < 1.29 is 0 Å². The summed E-state index contributed by atoms with van der Waals surface area (Å²) >= 11 is 0. The topological polar surface area (TPSA) is 25.8 Å². The zero-order valence-electron chi connectivity index (χ0n) is 11.2. The molecule has 0 bridgehead atoms. The van der Waals surface area contributed by atoms with Gasteiger partial charge in [0, 0.05) is 17.8 Å². The van der Waals surface area contributed by atoms with Crippen molar-refractivity contribution in [1.29, 1.82) is 0 Å². The highest BCUT2D eigenvalue weighted by atomic mass is 14.9. The summed E-state index contributed by atoms with van der Waals surface area (Å²) in [5.41, 5.74) is 2.72. The molecule has 1 aliphatic rings. The van der Waals surface area contributed by atoms with Gasteiger partial charge in [-0.15, -0.1) is 0 Å². The normalized spacial score (nSPS) is 17.8. The Morgan fingerprint density at radius 2 is 1.59 bits per heavy atom. The summed E-state index contributed by atoms with van der Waals surface area (Å²) in [5.74, 6) is 1.46. The molecule has 1 aliphatic carbocycles. The van der Waals surface area contributed by atoms with Gasteiger partial charge in [-0.05, 0) is 31.2 Å². The third-order valence-corrected chi connectivity index (χ3v) is 3.60. The van der Waals surface area contributed by atoms with Gasteiger partial charge in [0.1, 0.15) is 5.82 Å². The van der Waals surface area contributed by atoms with Gasteiger partial charge in [0.15, 0.2) is 0 Å². The number of nitrogens with zero attached hydrogens (tertiary/aromatic N) is 2. The van der Waals surface area contributed by atoms with E-state index in [1.54, 1.807) is 0 Å². The molecule has 0 atom stereocenters. The molecule has 0 N–H and O–H groups in total. The van der Waals surface area contributed by atoms with E-state index in [1.807, 2.05) is 0 Å². The summed E-state index contributed by atoms with van der Waals surface area (Å²) in [6.07, 6.45) is 12.5. The van der Waals surface area contributed by atoms with Crippen LogP contribution >= 0.6 is 0 Å². The van der Waals surface area contributed by atoms with E-state index < -0.39 is 0 Å². The third kappa shape index (κ3) is 3.52. The fraction of sp³-hybridized carbons (Fsp3) is 0.733. The van der Waals surface area contributed by atoms with Crippen LogP contribution in [0.25, 0.3) is 0 Å². The predicted molar refractivity (Wildman–Crippen MR) is 71.2 cm³/mol. The largest absolute Gasteiger partial charge is 0.241 e. The van der Waals surface area contributed by atoms with Crippen molar-refractivity contribution in [2.24, 2.45) is 0 Å². The van der Waals surface area contributed by atoms with Crippen LogP contribution in [0.1, 0.15) is 75.4 Å². The maximum atomic E-state index is 4.78. The van der Waals surface area contributed by atoms with Crippen molar-refractivity contribution in [3.05, 3.63) is 23.3 Å². The number of aromatic nitrogens is 2. The minimum atomic E-state index is 0.440. The zero-order chi connectivity index (χ0) is 12.1. The van der Waals surface area contributed by atoms with Gasteiger partial charge in [-0.1, -0.05) is 39.5 Å². The molecule has 1 heterocycles. The molecule has 0 saturated heterocycles. The Bertz CT molecular complexity index is 358. The first-order chi connectivity index (χ1) is 8.27. The van der Waals surface area contributed by atoms with Crippen molar-refractivity contribution in [2.75, 3.05) is 0 Å². The number of hydrogen-bond acceptors (Lipinski definition) is 2. The molecule has 17 heavy (non-hydrogen) atoms. The fourth-order valence-corrected chi connectivity index (χ4v) is 2.48. The van der Waals surface area contributed by atoms with Gasteiger partial charge in [0.2, 0.25) is 0 Å². The van der Waals surface area contributed by atoms with Crippen molar-refractivity contribution in [3.63, 3.8) is 0 Å². The molecule has 0 unspecified atom stereocenters. The van der Waals surface area contributed by atoms with Gasteiger partial charge >= 0.3 is 0 Å². The van der Waals surface area contributed by atoms with E-state index in [2.05, 4.69) is 25.0 Å². The molecular weight excluding hydrogens is 208 g/mol. The van der Waals surface area contributed by atoms with Crippen molar-refractivity contribution in [3.8, 4) is 0 Å². The molecule has 0 radical (unpaired) electrons. The molecule has 0 aliphatic heterocycles. The van der Waals surface area contributed by atoms with Gasteiger partial charge in [-0.3, -0.25) is 0 Å². The van der Waals surface area contributed by atoms with E-state index in [0.717, 1.165) is 12.2 Å². The lowest BCUT2D eigenvalue weighted by atomic mass is 9.98. The lowest BCUT2D eigenvalue weighted by Gasteiger charge is -2.13. The van der Waals surface area contributed by atoms with Crippen LogP contribution in [0.3, 0.4) is 0 Å². The average molecular weight is 232 g/mol. The molecule has 2 rings (SSSR count). The second kappa shape index (κ2) is 6.13. The van der Waals surface area contributed by atoms with Gasteiger partial charge in [0.05, 0.1) is 0 Å². The number of hydrogen-bond donors (Lipinski definition) is 0. The van der Waals surface area contributed by atoms with Crippen LogP contribution in [0.5, 0.6) is 0 Å². The van der Waals surface area contributed by atoms with E-state index in [9.17, 15) is 0 Å². The highest BCUT2D eigenvalue weighted by Gasteiger charge is 2.10. The Hall–Kier alpha value is -0.920. The molecule has 2 nitrogen and oxygen atoms in total. The second-order valence-corrected chi connectivity index (χ2v) is 5.48. The fourth-order valence-electron chi connectivity index (χ4n) is 2.48. The molecular formula is C15H24N2. The molecule has 0 aromatic carbocycles. The summed E-state index contributed by atoms with van der Waals surface area (Å²) < 4.78 is 0. The quantitative estimate of drug-likeness (QED) is 0.730. The standard InChI is InChI=1S/C15H24N2/c1-12(2)15-16-11-13-9-7-5-3-4-6-8-10-14(13)17-15/h11-12H,3-10H2,1-2H3. The van der Waals surface area contributed by atoms with E-state index in [4.69, 9.17) is 4.98 Å². The molecule has 0 spiro atoms. The first-order valence-corrected chi connectivity index (χ1v) is 7.12. The van der Waals surface area contributed by atoms with Crippen molar-refractivity contribution in [1.82, 2.24) is 9.97 Å². The summed E-state index contributed by atoms with van der Waals surface area (Å²) in [6.45, 7) is 4.34. The van der Waals surface area contributed by atoms with Crippen LogP contribution in [0.4, 0.5) is 0 Å². The SMILES string of the molecule is CC(C)c1ncc2c(n1)CCCCCCCC2. The van der Waals surface area contributed by atoms with Crippen molar-refractivity contribution in [2.45, 2.75) is 71.1 Å². The second-order valence-electron chi connectivity index (χ2n) is 5.48. The van der Waals surface area contributed by atoms with Crippen LogP contribution in [0.15, 0.2) is 6.20 Å². The summed E-state index contributed by atoms with van der Waals surface area (Å²) in [7, 11) is 0. The Labute approximate surface area is 105 Å². The lowest BCUT2D eigenvalue weighted by Crippen LogP contribution is -2.07. The minimum absolute atomic E-state index is 0.440. The Morgan fingerprint density at radius 3 is 2.29 bits per heavy atom. The maximum absolute atomic E-state index is 4.78. The summed E-state index contributed by atoms with van der Waals surface area (Å²) in [4.78, 5) is 9.28. The van der Waals surface area contributed by atoms with Crippen LogP contribution in [0.2, 0.25) is 0 Å². The number of rotatable bonds is 1. The highest BCUT2D eigenvalue weighted by molar-refractivity contribution is 5.19. The molecule has 0 amide bonds. The third-order valence-electron chi connectivity index (χ3n) is 3.60. The van der Waals surface area contributed by atoms with Crippen molar-refractivity contribution >= 4 is 0 Å². The average Bonchev–Trinajstić information content (AvgIpc) is 2.34.